The lowest BCUT2D eigenvalue weighted by Gasteiger charge is -2.20. The highest BCUT2D eigenvalue weighted by molar-refractivity contribution is 7.26. The van der Waals surface area contributed by atoms with Gasteiger partial charge in [-0.2, -0.15) is 0 Å². The first-order chi connectivity index (χ1) is 26.7. The van der Waals surface area contributed by atoms with E-state index in [-0.39, 0.29) is 0 Å². The first-order valence-corrected chi connectivity index (χ1v) is 19.3. The molecule has 1 aliphatic rings. The minimum absolute atomic E-state index is 0.630. The summed E-state index contributed by atoms with van der Waals surface area (Å²) < 4.78 is 2.68. The molecule has 10 rings (SSSR count). The van der Waals surface area contributed by atoms with Gasteiger partial charge in [-0.05, 0) is 86.8 Å². The van der Waals surface area contributed by atoms with E-state index in [1.54, 1.807) is 0 Å². The van der Waals surface area contributed by atoms with Crippen LogP contribution in [0.4, 0.5) is 0 Å². The highest BCUT2D eigenvalue weighted by Crippen LogP contribution is 2.48. The van der Waals surface area contributed by atoms with Crippen molar-refractivity contribution in [3.63, 3.8) is 0 Å². The lowest BCUT2D eigenvalue weighted by molar-refractivity contribution is 1.00. The summed E-state index contributed by atoms with van der Waals surface area (Å²) in [4.78, 5) is 15.4. The predicted octanol–water partition coefficient (Wildman–Crippen LogP) is 13.8. The van der Waals surface area contributed by atoms with Crippen LogP contribution >= 0.6 is 11.3 Å². The molecule has 54 heavy (non-hydrogen) atoms. The average Bonchev–Trinajstić information content (AvgIpc) is 3.63. The predicted molar refractivity (Wildman–Crippen MR) is 232 cm³/mol. The number of aromatic nitrogens is 3. The molecule has 0 saturated heterocycles. The molecule has 0 spiro atoms. The molecule has 0 bridgehead atoms. The quantitative estimate of drug-likeness (QED) is 0.172. The molecule has 7 aromatic carbocycles. The Hall–Kier alpha value is -6.49. The Kier molecular flexibility index (Phi) is 7.85. The van der Waals surface area contributed by atoms with Crippen molar-refractivity contribution in [2.24, 2.45) is 0 Å². The Balaban J connectivity index is 1.28. The Labute approximate surface area is 318 Å². The second kappa shape index (κ2) is 13.2. The fourth-order valence-electron chi connectivity index (χ4n) is 8.33. The van der Waals surface area contributed by atoms with Gasteiger partial charge in [0.1, 0.15) is 0 Å². The first kappa shape index (κ1) is 32.2. The van der Waals surface area contributed by atoms with Gasteiger partial charge in [0.05, 0.1) is 0 Å². The van der Waals surface area contributed by atoms with Crippen LogP contribution in [0.5, 0.6) is 0 Å². The molecule has 0 fully saturated rings. The van der Waals surface area contributed by atoms with Crippen molar-refractivity contribution >= 4 is 71.3 Å². The maximum Gasteiger partial charge on any atom is 0.165 e. The molecule has 0 unspecified atom stereocenters. The fraction of sp³-hybridized carbons (Fsp3) is 0.0600. The van der Waals surface area contributed by atoms with Crippen LogP contribution < -0.4 is 0 Å². The number of nitrogens with zero attached hydrogens (tertiary/aromatic N) is 3. The summed E-state index contributed by atoms with van der Waals surface area (Å²) in [5.74, 6) is 1.90. The van der Waals surface area contributed by atoms with Crippen molar-refractivity contribution in [3.8, 4) is 45.3 Å². The van der Waals surface area contributed by atoms with E-state index in [4.69, 9.17) is 15.0 Å². The van der Waals surface area contributed by atoms with Gasteiger partial charge >= 0.3 is 0 Å². The molecule has 4 heteroatoms. The molecule has 0 aliphatic heterocycles. The van der Waals surface area contributed by atoms with Gasteiger partial charge < -0.3 is 0 Å². The molecule has 0 radical (unpaired) electrons. The van der Waals surface area contributed by atoms with Gasteiger partial charge in [0.25, 0.3) is 0 Å². The standard InChI is InChI=1S/C50H35N3S/c1-3-17-37-34(4-2)44(33-28-29-43-42(30-33)45-38-24-13-11-22-35(38)36-23-12-16-27-41(36)47(45)54-43)39-25-14-15-26-40(39)46(37)50-52-48(31-18-7-5-8-19-31)51-49(53-50)32-20-9-6-10-21-32/h3-11,13-22,24-30H,2,12,23H2,1H3/b17-3-. The minimum Gasteiger partial charge on any atom is -0.208 e. The zero-order valence-electron chi connectivity index (χ0n) is 29.9. The summed E-state index contributed by atoms with van der Waals surface area (Å²) >= 11 is 1.91. The number of fused-ring (bicyclic) bond motifs is 9. The highest BCUT2D eigenvalue weighted by Gasteiger charge is 2.24. The largest absolute Gasteiger partial charge is 0.208 e. The van der Waals surface area contributed by atoms with Crippen LogP contribution in [-0.4, -0.2) is 15.0 Å². The zero-order chi connectivity index (χ0) is 36.2. The van der Waals surface area contributed by atoms with Crippen LogP contribution in [0.1, 0.15) is 35.6 Å². The number of allylic oxidation sites excluding steroid dienone is 2. The van der Waals surface area contributed by atoms with E-state index < -0.39 is 0 Å². The van der Waals surface area contributed by atoms with Gasteiger partial charge in [-0.3, -0.25) is 0 Å². The van der Waals surface area contributed by atoms with E-state index in [1.165, 1.54) is 42.1 Å². The summed E-state index contributed by atoms with van der Waals surface area (Å²) in [6.07, 6.45) is 13.1. The Morgan fingerprint density at radius 1 is 0.593 bits per heavy atom. The second-order valence-corrected chi connectivity index (χ2v) is 14.8. The van der Waals surface area contributed by atoms with Crippen molar-refractivity contribution in [2.45, 2.75) is 19.8 Å². The molecule has 0 amide bonds. The van der Waals surface area contributed by atoms with Crippen LogP contribution in [0, 0.1) is 0 Å². The molecule has 1 aliphatic carbocycles. The SMILES string of the molecule is C=Cc1c(/C=C\C)c(-c2nc(-c3ccccc3)nc(-c3ccccc3)n2)c2ccccc2c1-c1ccc2sc3c4c(c5ccccc5c3c2c1)CCC=C4. The smallest absolute Gasteiger partial charge is 0.165 e. The molecule has 0 saturated carbocycles. The average molecular weight is 710 g/mol. The number of hydrogen-bond acceptors (Lipinski definition) is 4. The maximum atomic E-state index is 5.21. The number of benzene rings is 7. The lowest BCUT2D eigenvalue weighted by atomic mass is 9.84. The third-order valence-corrected chi connectivity index (χ3v) is 11.9. The van der Waals surface area contributed by atoms with Gasteiger partial charge in [-0.1, -0.05) is 152 Å². The maximum absolute atomic E-state index is 5.21. The lowest BCUT2D eigenvalue weighted by Crippen LogP contribution is -2.03. The molecule has 256 valence electrons. The number of aryl methyl sites for hydroxylation is 1. The van der Waals surface area contributed by atoms with Crippen molar-refractivity contribution in [3.05, 3.63) is 168 Å². The topological polar surface area (TPSA) is 38.7 Å². The normalized spacial score (nSPS) is 12.7. The van der Waals surface area contributed by atoms with Gasteiger partial charge in [-0.25, -0.2) is 15.0 Å². The Morgan fingerprint density at radius 3 is 1.87 bits per heavy atom. The third kappa shape index (κ3) is 5.13. The van der Waals surface area contributed by atoms with E-state index in [9.17, 15) is 0 Å². The zero-order valence-corrected chi connectivity index (χ0v) is 30.7. The van der Waals surface area contributed by atoms with Crippen molar-refractivity contribution in [1.82, 2.24) is 15.0 Å². The van der Waals surface area contributed by atoms with Gasteiger partial charge in [-0.15, -0.1) is 11.3 Å². The number of thiophene rings is 1. The van der Waals surface area contributed by atoms with E-state index >= 15 is 0 Å². The van der Waals surface area contributed by atoms with Gasteiger partial charge in [0, 0.05) is 36.9 Å². The molecule has 0 atom stereocenters. The van der Waals surface area contributed by atoms with Crippen LogP contribution in [0.3, 0.4) is 0 Å². The van der Waals surface area contributed by atoms with Gasteiger partial charge in [0.15, 0.2) is 17.5 Å². The molecular formula is C50H35N3S. The summed E-state index contributed by atoms with van der Waals surface area (Å²) in [6.45, 7) is 6.49. The van der Waals surface area contributed by atoms with Crippen LogP contribution in [-0.2, 0) is 6.42 Å². The van der Waals surface area contributed by atoms with Crippen LogP contribution in [0.2, 0.25) is 0 Å². The fourth-order valence-corrected chi connectivity index (χ4v) is 9.58. The molecule has 3 nitrogen and oxygen atoms in total. The molecule has 0 N–H and O–H groups in total. The molecule has 2 aromatic heterocycles. The van der Waals surface area contributed by atoms with Crippen molar-refractivity contribution in [1.29, 1.82) is 0 Å². The van der Waals surface area contributed by atoms with E-state index in [2.05, 4.69) is 129 Å². The van der Waals surface area contributed by atoms with E-state index in [1.807, 2.05) is 53.8 Å². The van der Waals surface area contributed by atoms with E-state index in [0.29, 0.717) is 17.5 Å². The highest BCUT2D eigenvalue weighted by atomic mass is 32.1. The molecule has 2 heterocycles. The van der Waals surface area contributed by atoms with Gasteiger partial charge in [0.2, 0.25) is 0 Å². The Morgan fingerprint density at radius 2 is 1.20 bits per heavy atom. The van der Waals surface area contributed by atoms with Crippen LogP contribution in [0.25, 0.3) is 105 Å². The van der Waals surface area contributed by atoms with Crippen molar-refractivity contribution in [2.75, 3.05) is 0 Å². The van der Waals surface area contributed by atoms with Crippen LogP contribution in [0.15, 0.2) is 146 Å². The summed E-state index contributed by atoms with van der Waals surface area (Å²) in [5, 5.41) is 7.55. The first-order valence-electron chi connectivity index (χ1n) is 18.5. The minimum atomic E-state index is 0.630. The van der Waals surface area contributed by atoms with E-state index in [0.717, 1.165) is 62.6 Å². The summed E-state index contributed by atoms with van der Waals surface area (Å²) in [7, 11) is 0. The molecule has 9 aromatic rings. The third-order valence-electron chi connectivity index (χ3n) is 10.7. The summed E-state index contributed by atoms with van der Waals surface area (Å²) in [6, 6.07) is 45.0. The monoisotopic (exact) mass is 709 g/mol. The summed E-state index contributed by atoms with van der Waals surface area (Å²) in [5.41, 5.74) is 10.1. The second-order valence-electron chi connectivity index (χ2n) is 13.8. The number of rotatable bonds is 6. The number of hydrogen-bond donors (Lipinski definition) is 0. The Bertz CT molecular complexity index is 2950. The molecular weight excluding hydrogens is 675 g/mol. The van der Waals surface area contributed by atoms with Crippen molar-refractivity contribution < 1.29 is 0 Å².